The first kappa shape index (κ1) is 17.6. The number of hydrogen-bond donors (Lipinski definition) is 1. The van der Waals surface area contributed by atoms with Gasteiger partial charge in [0, 0.05) is 6.54 Å². The fourth-order valence-corrected chi connectivity index (χ4v) is 4.00. The third kappa shape index (κ3) is 3.97. The first-order valence-corrected chi connectivity index (χ1v) is 9.96. The van der Waals surface area contributed by atoms with Crippen molar-refractivity contribution in [2.75, 3.05) is 5.32 Å². The van der Waals surface area contributed by atoms with Crippen molar-refractivity contribution in [3.63, 3.8) is 0 Å². The third-order valence-electron chi connectivity index (χ3n) is 5.11. The Labute approximate surface area is 163 Å². The van der Waals surface area contributed by atoms with E-state index in [-0.39, 0.29) is 0 Å². The van der Waals surface area contributed by atoms with E-state index >= 15 is 0 Å². The zero-order chi connectivity index (χ0) is 17.9. The summed E-state index contributed by atoms with van der Waals surface area (Å²) in [5.74, 6) is 1.59. The van der Waals surface area contributed by atoms with Crippen molar-refractivity contribution >= 4 is 34.7 Å². The van der Waals surface area contributed by atoms with E-state index in [1.54, 1.807) is 0 Å². The van der Waals surface area contributed by atoms with Crippen LogP contribution in [0.2, 0.25) is 10.0 Å². The summed E-state index contributed by atoms with van der Waals surface area (Å²) in [6, 6.07) is 9.63. The van der Waals surface area contributed by atoms with Gasteiger partial charge >= 0.3 is 0 Å². The summed E-state index contributed by atoms with van der Waals surface area (Å²) in [7, 11) is 0. The standard InChI is InChI=1S/C20H22Cl2N4/c21-17-7-6-15(11-18(17)22)12-23-19-8-9-20-24-13-16(26(20)25-19)10-14-4-2-1-3-5-14/h6-9,11,13-14H,1-5,10,12H2,(H,23,25). The van der Waals surface area contributed by atoms with Gasteiger partial charge in [-0.15, -0.1) is 5.10 Å². The molecular formula is C20H22Cl2N4. The Hall–Kier alpha value is -1.78. The van der Waals surface area contributed by atoms with Crippen LogP contribution in [0.25, 0.3) is 5.65 Å². The molecule has 136 valence electrons. The lowest BCUT2D eigenvalue weighted by Crippen LogP contribution is -2.12. The second-order valence-corrected chi connectivity index (χ2v) is 7.86. The van der Waals surface area contributed by atoms with Crippen molar-refractivity contribution in [1.82, 2.24) is 14.6 Å². The molecule has 4 nitrogen and oxygen atoms in total. The van der Waals surface area contributed by atoms with E-state index in [0.717, 1.165) is 29.4 Å². The fourth-order valence-electron chi connectivity index (χ4n) is 3.68. The zero-order valence-electron chi connectivity index (χ0n) is 14.6. The van der Waals surface area contributed by atoms with Crippen LogP contribution in [-0.2, 0) is 13.0 Å². The van der Waals surface area contributed by atoms with Crippen LogP contribution in [0.4, 0.5) is 5.82 Å². The molecule has 1 aliphatic carbocycles. The van der Waals surface area contributed by atoms with Crippen molar-refractivity contribution in [3.05, 3.63) is 57.8 Å². The highest BCUT2D eigenvalue weighted by Crippen LogP contribution is 2.27. The van der Waals surface area contributed by atoms with Crippen molar-refractivity contribution in [1.29, 1.82) is 0 Å². The van der Waals surface area contributed by atoms with Gasteiger partial charge in [-0.05, 0) is 42.2 Å². The fraction of sp³-hybridized carbons (Fsp3) is 0.400. The van der Waals surface area contributed by atoms with Gasteiger partial charge in [0.1, 0.15) is 5.82 Å². The maximum atomic E-state index is 6.08. The summed E-state index contributed by atoms with van der Waals surface area (Å²) in [6.45, 7) is 0.641. The minimum atomic E-state index is 0.568. The summed E-state index contributed by atoms with van der Waals surface area (Å²) < 4.78 is 1.98. The summed E-state index contributed by atoms with van der Waals surface area (Å²) in [4.78, 5) is 4.51. The average Bonchev–Trinajstić information content (AvgIpc) is 3.06. The highest BCUT2D eigenvalue weighted by atomic mass is 35.5. The molecule has 0 unspecified atom stereocenters. The van der Waals surface area contributed by atoms with Crippen molar-refractivity contribution in [3.8, 4) is 0 Å². The Morgan fingerprint density at radius 3 is 2.69 bits per heavy atom. The van der Waals surface area contributed by atoms with Crippen LogP contribution in [0, 0.1) is 5.92 Å². The molecule has 2 aromatic heterocycles. The van der Waals surface area contributed by atoms with Gasteiger partial charge in [0.25, 0.3) is 0 Å². The first-order chi connectivity index (χ1) is 12.7. The summed E-state index contributed by atoms with van der Waals surface area (Å²) >= 11 is 12.1. The maximum Gasteiger partial charge on any atom is 0.153 e. The summed E-state index contributed by atoms with van der Waals surface area (Å²) in [5.41, 5.74) is 3.16. The molecule has 6 heteroatoms. The normalized spacial score (nSPS) is 15.5. The Morgan fingerprint density at radius 1 is 1.04 bits per heavy atom. The van der Waals surface area contributed by atoms with E-state index in [0.29, 0.717) is 16.6 Å². The van der Waals surface area contributed by atoms with Gasteiger partial charge in [0.2, 0.25) is 0 Å². The van der Waals surface area contributed by atoms with E-state index in [9.17, 15) is 0 Å². The summed E-state index contributed by atoms with van der Waals surface area (Å²) in [6.07, 6.45) is 9.76. The molecule has 0 bridgehead atoms. The number of anilines is 1. The van der Waals surface area contributed by atoms with E-state index < -0.39 is 0 Å². The van der Waals surface area contributed by atoms with Crippen LogP contribution in [0.15, 0.2) is 36.5 Å². The SMILES string of the molecule is Clc1ccc(CNc2ccc3ncc(CC4CCCCC4)n3n2)cc1Cl. The minimum Gasteiger partial charge on any atom is -0.365 e. The monoisotopic (exact) mass is 388 g/mol. The molecular weight excluding hydrogens is 367 g/mol. The Morgan fingerprint density at radius 2 is 1.88 bits per heavy atom. The Kier molecular flexibility index (Phi) is 5.32. The van der Waals surface area contributed by atoms with E-state index in [2.05, 4.69) is 10.3 Å². The molecule has 0 atom stereocenters. The molecule has 1 fully saturated rings. The van der Waals surface area contributed by atoms with Crippen molar-refractivity contribution < 1.29 is 0 Å². The minimum absolute atomic E-state index is 0.568. The number of rotatable bonds is 5. The van der Waals surface area contributed by atoms with E-state index in [1.165, 1.54) is 37.8 Å². The van der Waals surface area contributed by atoms with Crippen LogP contribution < -0.4 is 5.32 Å². The van der Waals surface area contributed by atoms with Crippen LogP contribution in [0.3, 0.4) is 0 Å². The Bertz CT molecular complexity index is 900. The van der Waals surface area contributed by atoms with E-state index in [4.69, 9.17) is 28.3 Å². The maximum absolute atomic E-state index is 6.08. The molecule has 0 saturated heterocycles. The van der Waals surface area contributed by atoms with Crippen LogP contribution in [0.1, 0.15) is 43.4 Å². The lowest BCUT2D eigenvalue weighted by molar-refractivity contribution is 0.353. The molecule has 1 aromatic carbocycles. The molecule has 4 rings (SSSR count). The molecule has 0 radical (unpaired) electrons. The van der Waals surface area contributed by atoms with Gasteiger partial charge in [0.15, 0.2) is 5.65 Å². The van der Waals surface area contributed by atoms with Crippen molar-refractivity contribution in [2.45, 2.75) is 45.1 Å². The molecule has 1 aliphatic rings. The van der Waals surface area contributed by atoms with Gasteiger partial charge < -0.3 is 5.32 Å². The smallest absolute Gasteiger partial charge is 0.153 e. The van der Waals surface area contributed by atoms with Gasteiger partial charge in [0.05, 0.1) is 21.9 Å². The average molecular weight is 389 g/mol. The second-order valence-electron chi connectivity index (χ2n) is 7.05. The quantitative estimate of drug-likeness (QED) is 0.602. The molecule has 26 heavy (non-hydrogen) atoms. The number of aromatic nitrogens is 3. The number of hydrogen-bond acceptors (Lipinski definition) is 3. The number of halogens is 2. The number of imidazole rings is 1. The van der Waals surface area contributed by atoms with Gasteiger partial charge in [-0.2, -0.15) is 0 Å². The number of nitrogens with zero attached hydrogens (tertiary/aromatic N) is 3. The molecule has 0 aliphatic heterocycles. The topological polar surface area (TPSA) is 42.2 Å². The highest BCUT2D eigenvalue weighted by molar-refractivity contribution is 6.42. The lowest BCUT2D eigenvalue weighted by atomic mass is 9.86. The molecule has 2 heterocycles. The van der Waals surface area contributed by atoms with Crippen LogP contribution >= 0.6 is 23.2 Å². The second kappa shape index (κ2) is 7.85. The molecule has 1 saturated carbocycles. The molecule has 1 N–H and O–H groups in total. The number of benzene rings is 1. The lowest BCUT2D eigenvalue weighted by Gasteiger charge is -2.20. The Balaban J connectivity index is 1.48. The van der Waals surface area contributed by atoms with Crippen LogP contribution in [0.5, 0.6) is 0 Å². The third-order valence-corrected chi connectivity index (χ3v) is 5.85. The summed E-state index contributed by atoms with van der Waals surface area (Å²) in [5, 5.41) is 9.24. The van der Waals surface area contributed by atoms with Gasteiger partial charge in [-0.1, -0.05) is 61.4 Å². The number of nitrogens with one attached hydrogen (secondary N) is 1. The molecule has 0 spiro atoms. The highest BCUT2D eigenvalue weighted by Gasteiger charge is 2.16. The zero-order valence-corrected chi connectivity index (χ0v) is 16.1. The molecule has 0 amide bonds. The van der Waals surface area contributed by atoms with Gasteiger partial charge in [-0.3, -0.25) is 0 Å². The van der Waals surface area contributed by atoms with Gasteiger partial charge in [-0.25, -0.2) is 9.50 Å². The number of fused-ring (bicyclic) bond motifs is 1. The first-order valence-electron chi connectivity index (χ1n) is 9.20. The largest absolute Gasteiger partial charge is 0.365 e. The predicted octanol–water partition coefficient (Wildman–Crippen LogP) is 5.77. The predicted molar refractivity (Wildman–Crippen MR) is 107 cm³/mol. The molecule has 3 aromatic rings. The van der Waals surface area contributed by atoms with Crippen molar-refractivity contribution in [2.24, 2.45) is 5.92 Å². The van der Waals surface area contributed by atoms with Crippen LogP contribution in [-0.4, -0.2) is 14.6 Å². The van der Waals surface area contributed by atoms with E-state index in [1.807, 2.05) is 41.0 Å².